The van der Waals surface area contributed by atoms with Gasteiger partial charge in [0.2, 0.25) is 0 Å². The van der Waals surface area contributed by atoms with Gasteiger partial charge in [-0.05, 0) is 30.3 Å². The highest BCUT2D eigenvalue weighted by Crippen LogP contribution is 2.33. The van der Waals surface area contributed by atoms with Crippen molar-refractivity contribution in [2.24, 2.45) is 0 Å². The van der Waals surface area contributed by atoms with Crippen LogP contribution >= 0.6 is 22.9 Å². The third kappa shape index (κ3) is 3.26. The number of ether oxygens (including phenoxy) is 1. The second-order valence-electron chi connectivity index (χ2n) is 4.30. The Kier molecular flexibility index (Phi) is 3.82. The molecular weight excluding hydrogens is 331 g/mol. The molecule has 0 saturated carbocycles. The first-order valence-electron chi connectivity index (χ1n) is 6.04. The summed E-state index contributed by atoms with van der Waals surface area (Å²) in [5.74, 6) is -0.0193. The third-order valence-corrected chi connectivity index (χ3v) is 3.77. The molecule has 0 bridgehead atoms. The van der Waals surface area contributed by atoms with Crippen molar-refractivity contribution in [3.8, 4) is 10.9 Å². The number of rotatable bonds is 3. The molecule has 0 spiro atoms. The molecule has 0 saturated heterocycles. The number of amides is 1. The summed E-state index contributed by atoms with van der Waals surface area (Å²) < 4.78 is 19.4. The summed E-state index contributed by atoms with van der Waals surface area (Å²) in [6.45, 7) is 0. The number of benzene rings is 2. The van der Waals surface area contributed by atoms with E-state index in [1.54, 1.807) is 6.07 Å². The van der Waals surface area contributed by atoms with E-state index >= 15 is 0 Å². The van der Waals surface area contributed by atoms with Gasteiger partial charge in [-0.15, -0.1) is 0 Å². The maximum atomic E-state index is 13.2. The third-order valence-electron chi connectivity index (χ3n) is 2.66. The Morgan fingerprint density at radius 2 is 2.14 bits per heavy atom. The first kappa shape index (κ1) is 14.6. The average Bonchev–Trinajstić information content (AvgIpc) is 2.78. The Bertz CT molecular complexity index is 868. The van der Waals surface area contributed by atoms with Gasteiger partial charge < -0.3 is 9.84 Å². The molecule has 3 rings (SSSR count). The number of carboxylic acid groups (broad SMARTS) is 1. The van der Waals surface area contributed by atoms with E-state index in [9.17, 15) is 9.18 Å². The predicted molar refractivity (Wildman–Crippen MR) is 82.8 cm³/mol. The monoisotopic (exact) mass is 338 g/mol. The SMILES string of the molecule is O=C(O)Nc1cc(Cl)cc(Oc2nc3ccc(F)cc3s2)c1. The Morgan fingerprint density at radius 3 is 2.91 bits per heavy atom. The van der Waals surface area contributed by atoms with Gasteiger partial charge in [-0.1, -0.05) is 22.9 Å². The van der Waals surface area contributed by atoms with Crippen LogP contribution in [0.25, 0.3) is 10.2 Å². The lowest BCUT2D eigenvalue weighted by Gasteiger charge is -2.06. The minimum absolute atomic E-state index is 0.280. The second kappa shape index (κ2) is 5.78. The predicted octanol–water partition coefficient (Wildman–Crippen LogP) is 4.97. The molecule has 3 aromatic rings. The number of fused-ring (bicyclic) bond motifs is 1. The highest BCUT2D eigenvalue weighted by molar-refractivity contribution is 7.20. The van der Waals surface area contributed by atoms with Crippen LogP contribution in [0.2, 0.25) is 5.02 Å². The molecule has 0 aliphatic carbocycles. The zero-order chi connectivity index (χ0) is 15.7. The molecule has 112 valence electrons. The smallest absolute Gasteiger partial charge is 0.409 e. The number of carbonyl (C=O) groups is 1. The minimum Gasteiger partial charge on any atom is -0.465 e. The number of nitrogens with zero attached hydrogens (tertiary/aromatic N) is 1. The molecular formula is C14H8ClFN2O3S. The van der Waals surface area contributed by atoms with Crippen molar-refractivity contribution >= 4 is 44.9 Å². The molecule has 0 unspecified atom stereocenters. The number of halogens is 2. The Morgan fingerprint density at radius 1 is 1.32 bits per heavy atom. The Balaban J connectivity index is 1.90. The maximum absolute atomic E-state index is 13.2. The second-order valence-corrected chi connectivity index (χ2v) is 5.73. The van der Waals surface area contributed by atoms with Crippen LogP contribution < -0.4 is 10.1 Å². The Hall–Kier alpha value is -2.38. The molecule has 1 aromatic heterocycles. The van der Waals surface area contributed by atoms with Crippen LogP contribution in [0.3, 0.4) is 0 Å². The van der Waals surface area contributed by atoms with Gasteiger partial charge in [0.25, 0.3) is 5.19 Å². The van der Waals surface area contributed by atoms with Gasteiger partial charge in [0, 0.05) is 16.8 Å². The van der Waals surface area contributed by atoms with E-state index in [2.05, 4.69) is 10.3 Å². The molecule has 0 aliphatic rings. The number of nitrogens with one attached hydrogen (secondary N) is 1. The summed E-state index contributed by atoms with van der Waals surface area (Å²) in [4.78, 5) is 14.9. The van der Waals surface area contributed by atoms with Gasteiger partial charge in [-0.2, -0.15) is 0 Å². The van der Waals surface area contributed by atoms with Crippen molar-refractivity contribution in [2.45, 2.75) is 0 Å². The fourth-order valence-electron chi connectivity index (χ4n) is 1.84. The minimum atomic E-state index is -1.20. The number of hydrogen-bond acceptors (Lipinski definition) is 4. The van der Waals surface area contributed by atoms with Gasteiger partial charge >= 0.3 is 6.09 Å². The summed E-state index contributed by atoms with van der Waals surface area (Å²) >= 11 is 7.10. The van der Waals surface area contributed by atoms with E-state index in [-0.39, 0.29) is 11.5 Å². The molecule has 22 heavy (non-hydrogen) atoms. The van der Waals surface area contributed by atoms with Crippen LogP contribution in [0.1, 0.15) is 0 Å². The number of thiazole rings is 1. The van der Waals surface area contributed by atoms with E-state index in [0.29, 0.717) is 26.2 Å². The fourth-order valence-corrected chi connectivity index (χ4v) is 2.92. The lowest BCUT2D eigenvalue weighted by atomic mass is 10.3. The summed E-state index contributed by atoms with van der Waals surface area (Å²) in [7, 11) is 0. The van der Waals surface area contributed by atoms with Crippen molar-refractivity contribution in [3.05, 3.63) is 47.2 Å². The summed E-state index contributed by atoms with van der Waals surface area (Å²) in [6, 6.07) is 8.71. The van der Waals surface area contributed by atoms with Gasteiger partial charge in [0.15, 0.2) is 0 Å². The lowest BCUT2D eigenvalue weighted by molar-refractivity contribution is 0.210. The maximum Gasteiger partial charge on any atom is 0.409 e. The van der Waals surface area contributed by atoms with E-state index in [1.807, 2.05) is 0 Å². The van der Waals surface area contributed by atoms with Crippen LogP contribution in [0, 0.1) is 5.82 Å². The molecule has 2 N–H and O–H groups in total. The molecule has 8 heteroatoms. The quantitative estimate of drug-likeness (QED) is 0.707. The molecule has 0 aliphatic heterocycles. The van der Waals surface area contributed by atoms with E-state index in [0.717, 1.165) is 0 Å². The van der Waals surface area contributed by atoms with E-state index < -0.39 is 6.09 Å². The zero-order valence-corrected chi connectivity index (χ0v) is 12.4. The lowest BCUT2D eigenvalue weighted by Crippen LogP contribution is -2.07. The molecule has 5 nitrogen and oxygen atoms in total. The van der Waals surface area contributed by atoms with Gasteiger partial charge in [-0.25, -0.2) is 14.2 Å². The van der Waals surface area contributed by atoms with E-state index in [1.165, 1.54) is 41.7 Å². The number of hydrogen-bond donors (Lipinski definition) is 2. The van der Waals surface area contributed by atoms with Crippen LogP contribution in [0.15, 0.2) is 36.4 Å². The first-order valence-corrected chi connectivity index (χ1v) is 7.23. The van der Waals surface area contributed by atoms with Crippen LogP contribution in [0.5, 0.6) is 10.9 Å². The summed E-state index contributed by atoms with van der Waals surface area (Å²) in [5.41, 5.74) is 0.898. The largest absolute Gasteiger partial charge is 0.465 e. The van der Waals surface area contributed by atoms with Gasteiger partial charge in [-0.3, -0.25) is 5.32 Å². The summed E-state index contributed by atoms with van der Waals surface area (Å²) in [5, 5.41) is 11.5. The molecule has 0 atom stereocenters. The fraction of sp³-hybridized carbons (Fsp3) is 0. The molecule has 0 fully saturated rings. The zero-order valence-electron chi connectivity index (χ0n) is 10.8. The molecule has 1 amide bonds. The van der Waals surface area contributed by atoms with Gasteiger partial charge in [0.1, 0.15) is 11.6 Å². The van der Waals surface area contributed by atoms with Crippen molar-refractivity contribution < 1.29 is 19.0 Å². The number of anilines is 1. The highest BCUT2D eigenvalue weighted by Gasteiger charge is 2.09. The van der Waals surface area contributed by atoms with Crippen molar-refractivity contribution in [2.75, 3.05) is 5.32 Å². The molecule has 1 heterocycles. The standard InChI is InChI=1S/C14H8ClFN2O3S/c15-7-3-9(17-13(19)20)6-10(4-7)21-14-18-11-2-1-8(16)5-12(11)22-14/h1-6,17H,(H,19,20). The summed E-state index contributed by atoms with van der Waals surface area (Å²) in [6.07, 6.45) is -1.20. The number of aromatic nitrogens is 1. The first-order chi connectivity index (χ1) is 10.5. The van der Waals surface area contributed by atoms with Crippen LogP contribution in [-0.2, 0) is 0 Å². The van der Waals surface area contributed by atoms with Crippen molar-refractivity contribution in [1.82, 2.24) is 4.98 Å². The van der Waals surface area contributed by atoms with Crippen LogP contribution in [-0.4, -0.2) is 16.2 Å². The van der Waals surface area contributed by atoms with E-state index in [4.69, 9.17) is 21.4 Å². The van der Waals surface area contributed by atoms with Gasteiger partial charge in [0.05, 0.1) is 10.2 Å². The molecule has 2 aromatic carbocycles. The topological polar surface area (TPSA) is 71.5 Å². The van der Waals surface area contributed by atoms with Crippen molar-refractivity contribution in [3.63, 3.8) is 0 Å². The van der Waals surface area contributed by atoms with Crippen molar-refractivity contribution in [1.29, 1.82) is 0 Å². The average molecular weight is 339 g/mol. The normalized spacial score (nSPS) is 10.6. The van der Waals surface area contributed by atoms with Crippen LogP contribution in [0.4, 0.5) is 14.9 Å². The highest BCUT2D eigenvalue weighted by atomic mass is 35.5. The Labute approximate surface area is 132 Å². The molecule has 0 radical (unpaired) electrons.